The average Bonchev–Trinajstić information content (AvgIpc) is 3.16. The van der Waals surface area contributed by atoms with Gasteiger partial charge in [-0.05, 0) is 91.1 Å². The smallest absolute Gasteiger partial charge is 0.338 e. The fourth-order valence-electron chi connectivity index (χ4n) is 4.13. The maximum atomic E-state index is 13.8. The lowest BCUT2D eigenvalue weighted by Gasteiger charge is -2.25. The molecule has 37 heavy (non-hydrogen) atoms. The van der Waals surface area contributed by atoms with Gasteiger partial charge in [0.05, 0.1) is 45.7 Å². The van der Waals surface area contributed by atoms with E-state index >= 15 is 0 Å². The van der Waals surface area contributed by atoms with Crippen molar-refractivity contribution in [2.75, 3.05) is 20.5 Å². The number of thiazole rings is 1. The van der Waals surface area contributed by atoms with Crippen LogP contribution in [0.2, 0.25) is 0 Å². The molecule has 4 rings (SSSR count). The number of thioether (sulfide) groups is 1. The predicted molar refractivity (Wildman–Crippen MR) is 155 cm³/mol. The van der Waals surface area contributed by atoms with Crippen LogP contribution in [0, 0.1) is 3.57 Å². The third kappa shape index (κ3) is 5.51. The Bertz CT molecular complexity index is 1560. The highest BCUT2D eigenvalue weighted by molar-refractivity contribution is 14.1. The number of aromatic nitrogens is 1. The first-order valence-electron chi connectivity index (χ1n) is 11.5. The number of carbonyl (C=O) groups excluding carboxylic acids is 1. The number of rotatable bonds is 7. The van der Waals surface area contributed by atoms with E-state index in [9.17, 15) is 9.59 Å². The average molecular weight is 651 g/mol. The van der Waals surface area contributed by atoms with Crippen molar-refractivity contribution in [2.24, 2.45) is 4.99 Å². The van der Waals surface area contributed by atoms with Gasteiger partial charge < -0.3 is 14.2 Å². The lowest BCUT2D eigenvalue weighted by Crippen LogP contribution is -2.40. The summed E-state index contributed by atoms with van der Waals surface area (Å²) in [5.41, 5.74) is 2.29. The molecule has 2 aromatic carbocycles. The molecule has 2 heterocycles. The van der Waals surface area contributed by atoms with E-state index in [2.05, 4.69) is 27.6 Å². The molecule has 0 fully saturated rings. The number of benzene rings is 2. The third-order valence-corrected chi connectivity index (χ3v) is 8.30. The summed E-state index contributed by atoms with van der Waals surface area (Å²) >= 11 is 5.09. The third-order valence-electron chi connectivity index (χ3n) is 5.77. The van der Waals surface area contributed by atoms with Crippen molar-refractivity contribution >= 4 is 57.7 Å². The Morgan fingerprint density at radius 3 is 2.49 bits per heavy atom. The molecule has 0 amide bonds. The Labute approximate surface area is 237 Å². The molecule has 1 aromatic heterocycles. The van der Waals surface area contributed by atoms with Crippen LogP contribution < -0.4 is 24.4 Å². The van der Waals surface area contributed by atoms with Crippen LogP contribution in [0.4, 0.5) is 0 Å². The van der Waals surface area contributed by atoms with Crippen molar-refractivity contribution in [1.82, 2.24) is 4.57 Å². The first-order chi connectivity index (χ1) is 17.7. The minimum atomic E-state index is -0.647. The summed E-state index contributed by atoms with van der Waals surface area (Å²) in [5, 5.41) is 0. The van der Waals surface area contributed by atoms with Gasteiger partial charge in [0.2, 0.25) is 0 Å². The number of ether oxygens (including phenoxy) is 3. The Morgan fingerprint density at radius 1 is 1.19 bits per heavy atom. The lowest BCUT2D eigenvalue weighted by atomic mass is 9.96. The number of nitrogens with zero attached hydrogens (tertiary/aromatic N) is 2. The monoisotopic (exact) mass is 650 g/mol. The minimum absolute atomic E-state index is 0.227. The van der Waals surface area contributed by atoms with Crippen LogP contribution in [0.3, 0.4) is 0 Å². The topological polar surface area (TPSA) is 79.1 Å². The number of carbonyl (C=O) groups is 1. The van der Waals surface area contributed by atoms with Gasteiger partial charge in [0, 0.05) is 4.90 Å². The fourth-order valence-corrected chi connectivity index (χ4v) is 6.43. The number of allylic oxidation sites excluding steroid dienone is 1. The molecular weight excluding hydrogens is 623 g/mol. The van der Waals surface area contributed by atoms with E-state index < -0.39 is 12.0 Å². The summed E-state index contributed by atoms with van der Waals surface area (Å²) in [6.45, 7) is 5.39. The van der Waals surface area contributed by atoms with Crippen molar-refractivity contribution in [2.45, 2.75) is 37.8 Å². The van der Waals surface area contributed by atoms with E-state index in [1.807, 2.05) is 48.7 Å². The molecule has 3 aromatic rings. The Morgan fingerprint density at radius 2 is 1.89 bits per heavy atom. The summed E-state index contributed by atoms with van der Waals surface area (Å²) in [7, 11) is 3.17. The van der Waals surface area contributed by atoms with Gasteiger partial charge in [-0.1, -0.05) is 23.5 Å². The molecule has 0 spiro atoms. The van der Waals surface area contributed by atoms with E-state index in [1.54, 1.807) is 51.3 Å². The van der Waals surface area contributed by atoms with E-state index in [4.69, 9.17) is 14.2 Å². The van der Waals surface area contributed by atoms with Crippen molar-refractivity contribution < 1.29 is 19.0 Å². The van der Waals surface area contributed by atoms with Crippen LogP contribution in [0.1, 0.15) is 37.9 Å². The number of hydrogen-bond acceptors (Lipinski definition) is 8. The van der Waals surface area contributed by atoms with Crippen LogP contribution in [0.15, 0.2) is 62.4 Å². The predicted octanol–water partition coefficient (Wildman–Crippen LogP) is 4.53. The molecular formula is C27H27IN2O5S2. The van der Waals surface area contributed by atoms with Crippen molar-refractivity contribution in [3.8, 4) is 11.5 Å². The van der Waals surface area contributed by atoms with Gasteiger partial charge in [-0.2, -0.15) is 0 Å². The van der Waals surface area contributed by atoms with E-state index in [1.165, 1.54) is 11.3 Å². The summed E-state index contributed by atoms with van der Waals surface area (Å²) in [6, 6.07) is 11.0. The molecule has 7 nitrogen and oxygen atoms in total. The first kappa shape index (κ1) is 27.5. The van der Waals surface area contributed by atoms with Gasteiger partial charge in [0.1, 0.15) is 0 Å². The molecule has 0 N–H and O–H groups in total. The molecule has 0 radical (unpaired) electrons. The number of esters is 1. The van der Waals surface area contributed by atoms with Crippen LogP contribution in [0.5, 0.6) is 11.5 Å². The fraction of sp³-hybridized carbons (Fsp3) is 0.296. The van der Waals surface area contributed by atoms with Gasteiger partial charge in [-0.3, -0.25) is 9.36 Å². The van der Waals surface area contributed by atoms with Gasteiger partial charge in [-0.25, -0.2) is 9.79 Å². The molecule has 1 aliphatic rings. The summed E-state index contributed by atoms with van der Waals surface area (Å²) in [5.74, 6) is 0.744. The van der Waals surface area contributed by atoms with Gasteiger partial charge >= 0.3 is 5.97 Å². The van der Waals surface area contributed by atoms with Crippen LogP contribution in [-0.2, 0) is 9.53 Å². The van der Waals surface area contributed by atoms with E-state index in [0.717, 1.165) is 19.6 Å². The van der Waals surface area contributed by atoms with E-state index in [-0.39, 0.29) is 11.7 Å². The number of fused-ring (bicyclic) bond motifs is 1. The van der Waals surface area contributed by atoms with Gasteiger partial charge in [0.25, 0.3) is 5.56 Å². The minimum Gasteiger partial charge on any atom is -0.493 e. The molecule has 0 unspecified atom stereocenters. The molecule has 0 bridgehead atoms. The summed E-state index contributed by atoms with van der Waals surface area (Å²) in [6.07, 6.45) is 3.51. The van der Waals surface area contributed by atoms with Crippen molar-refractivity contribution in [3.05, 3.63) is 82.1 Å². The molecule has 10 heteroatoms. The Hall–Kier alpha value is -2.57. The van der Waals surface area contributed by atoms with Crippen molar-refractivity contribution in [1.29, 1.82) is 0 Å². The van der Waals surface area contributed by atoms with Crippen LogP contribution in [-0.4, -0.2) is 37.1 Å². The standard InChI is InChI=1S/C27H27IN2O5S2/c1-14(2)35-26(32)22-15(3)29-27-30(23(22)17-7-9-18(36-6)10-8-17)25(31)21(37-27)13-16-11-19(28)24(34-5)20(12-16)33-4/h7-14,23H,1-6H3/b21-13-/t23-/m0/s1. The molecule has 0 saturated heterocycles. The molecule has 1 aliphatic heterocycles. The summed E-state index contributed by atoms with van der Waals surface area (Å²) < 4.78 is 19.4. The zero-order valence-electron chi connectivity index (χ0n) is 21.3. The molecule has 194 valence electrons. The zero-order chi connectivity index (χ0) is 26.9. The van der Waals surface area contributed by atoms with Crippen LogP contribution >= 0.6 is 45.7 Å². The molecule has 0 saturated carbocycles. The second-order valence-corrected chi connectivity index (χ2v) is 11.6. The number of hydrogen-bond donors (Lipinski definition) is 0. The molecule has 0 aliphatic carbocycles. The largest absolute Gasteiger partial charge is 0.493 e. The number of methoxy groups -OCH3 is 2. The Kier molecular flexibility index (Phi) is 8.49. The highest BCUT2D eigenvalue weighted by Crippen LogP contribution is 2.34. The van der Waals surface area contributed by atoms with Crippen LogP contribution in [0.25, 0.3) is 6.08 Å². The second kappa shape index (κ2) is 11.4. The quantitative estimate of drug-likeness (QED) is 0.213. The normalized spacial score (nSPS) is 15.5. The lowest BCUT2D eigenvalue weighted by molar-refractivity contribution is -0.143. The Balaban J connectivity index is 1.93. The second-order valence-electron chi connectivity index (χ2n) is 8.55. The maximum Gasteiger partial charge on any atom is 0.338 e. The highest BCUT2D eigenvalue weighted by atomic mass is 127. The first-order valence-corrected chi connectivity index (χ1v) is 14.6. The summed E-state index contributed by atoms with van der Waals surface area (Å²) in [4.78, 5) is 33.3. The van der Waals surface area contributed by atoms with Crippen molar-refractivity contribution in [3.63, 3.8) is 0 Å². The highest BCUT2D eigenvalue weighted by Gasteiger charge is 2.33. The molecule has 1 atom stereocenters. The number of halogens is 1. The zero-order valence-corrected chi connectivity index (χ0v) is 25.1. The maximum absolute atomic E-state index is 13.8. The van der Waals surface area contributed by atoms with E-state index in [0.29, 0.717) is 32.1 Å². The van der Waals surface area contributed by atoms with Gasteiger partial charge in [-0.15, -0.1) is 11.8 Å². The SMILES string of the molecule is COc1cc(/C=c2\sc3n(c2=O)[C@@H](c2ccc(SC)cc2)C(C(=O)OC(C)C)=C(C)N=3)cc(I)c1OC. The van der Waals surface area contributed by atoms with Gasteiger partial charge in [0.15, 0.2) is 16.3 Å².